The first kappa shape index (κ1) is 15.0. The Hall–Kier alpha value is -1.07. The lowest BCUT2D eigenvalue weighted by Gasteiger charge is -2.15. The standard InChI is InChI=1S/C13H20O4S/c1-15-11-7-10(9-14)8-12(16-2)13(11)17-5-4-6-18-3/h7-8,14H,4-6,9H2,1-3H3. The smallest absolute Gasteiger partial charge is 0.203 e. The van der Waals surface area contributed by atoms with Gasteiger partial charge in [-0.3, -0.25) is 0 Å². The summed E-state index contributed by atoms with van der Waals surface area (Å²) in [5, 5.41) is 9.16. The van der Waals surface area contributed by atoms with Gasteiger partial charge in [0.15, 0.2) is 11.5 Å². The van der Waals surface area contributed by atoms with Crippen LogP contribution >= 0.6 is 11.8 Å². The Labute approximate surface area is 112 Å². The molecule has 5 heteroatoms. The topological polar surface area (TPSA) is 47.9 Å². The van der Waals surface area contributed by atoms with Gasteiger partial charge < -0.3 is 19.3 Å². The summed E-state index contributed by atoms with van der Waals surface area (Å²) in [6.07, 6.45) is 3.03. The van der Waals surface area contributed by atoms with Gasteiger partial charge in [0, 0.05) is 0 Å². The molecule has 1 aromatic rings. The number of benzene rings is 1. The van der Waals surface area contributed by atoms with Crippen LogP contribution in [0.1, 0.15) is 12.0 Å². The van der Waals surface area contributed by atoms with E-state index in [-0.39, 0.29) is 6.61 Å². The third-order valence-corrected chi connectivity index (χ3v) is 3.14. The van der Waals surface area contributed by atoms with Gasteiger partial charge in [-0.05, 0) is 36.1 Å². The largest absolute Gasteiger partial charge is 0.493 e. The lowest BCUT2D eigenvalue weighted by molar-refractivity contribution is 0.266. The van der Waals surface area contributed by atoms with Crippen LogP contribution in [0.5, 0.6) is 17.2 Å². The summed E-state index contributed by atoms with van der Waals surface area (Å²) >= 11 is 1.79. The molecule has 0 heterocycles. The molecule has 0 aromatic heterocycles. The molecule has 102 valence electrons. The van der Waals surface area contributed by atoms with Crippen molar-refractivity contribution < 1.29 is 19.3 Å². The molecule has 0 amide bonds. The third-order valence-electron chi connectivity index (χ3n) is 2.44. The molecule has 18 heavy (non-hydrogen) atoms. The van der Waals surface area contributed by atoms with Gasteiger partial charge in [0.05, 0.1) is 27.4 Å². The summed E-state index contributed by atoms with van der Waals surface area (Å²) < 4.78 is 16.2. The van der Waals surface area contributed by atoms with Crippen molar-refractivity contribution >= 4 is 11.8 Å². The summed E-state index contributed by atoms with van der Waals surface area (Å²) in [6, 6.07) is 3.51. The molecule has 0 radical (unpaired) electrons. The first-order valence-corrected chi connectivity index (χ1v) is 7.13. The van der Waals surface area contributed by atoms with Crippen molar-refractivity contribution in [1.82, 2.24) is 0 Å². The molecular formula is C13H20O4S. The molecule has 0 saturated carbocycles. The van der Waals surface area contributed by atoms with Crippen LogP contribution in [-0.4, -0.2) is 37.9 Å². The summed E-state index contributed by atoms with van der Waals surface area (Å²) in [6.45, 7) is 0.561. The molecule has 0 unspecified atom stereocenters. The molecule has 0 saturated heterocycles. The highest BCUT2D eigenvalue weighted by Gasteiger charge is 2.13. The molecule has 0 fully saturated rings. The fourth-order valence-electron chi connectivity index (χ4n) is 1.55. The summed E-state index contributed by atoms with van der Waals surface area (Å²) in [5.74, 6) is 2.82. The van der Waals surface area contributed by atoms with Gasteiger partial charge in [0.25, 0.3) is 0 Å². The number of thioether (sulfide) groups is 1. The molecule has 0 aliphatic rings. The fraction of sp³-hybridized carbons (Fsp3) is 0.538. The number of hydrogen-bond donors (Lipinski definition) is 1. The zero-order chi connectivity index (χ0) is 13.4. The van der Waals surface area contributed by atoms with Crippen LogP contribution in [0.25, 0.3) is 0 Å². The van der Waals surface area contributed by atoms with Crippen LogP contribution in [0.3, 0.4) is 0 Å². The molecule has 1 aromatic carbocycles. The first-order chi connectivity index (χ1) is 8.76. The van der Waals surface area contributed by atoms with Crippen molar-refractivity contribution in [3.63, 3.8) is 0 Å². The van der Waals surface area contributed by atoms with E-state index in [0.717, 1.165) is 17.7 Å². The highest BCUT2D eigenvalue weighted by Crippen LogP contribution is 2.38. The van der Waals surface area contributed by atoms with Gasteiger partial charge in [0.2, 0.25) is 5.75 Å². The molecule has 0 aliphatic heterocycles. The van der Waals surface area contributed by atoms with E-state index in [9.17, 15) is 0 Å². The van der Waals surface area contributed by atoms with Crippen molar-refractivity contribution in [2.45, 2.75) is 13.0 Å². The zero-order valence-electron chi connectivity index (χ0n) is 11.1. The second kappa shape index (κ2) is 8.11. The minimum absolute atomic E-state index is 0.0561. The van der Waals surface area contributed by atoms with Crippen molar-refractivity contribution in [2.75, 3.05) is 32.8 Å². The van der Waals surface area contributed by atoms with Gasteiger partial charge >= 0.3 is 0 Å². The van der Waals surface area contributed by atoms with Crippen molar-refractivity contribution in [2.24, 2.45) is 0 Å². The molecule has 1 rings (SSSR count). The lowest BCUT2D eigenvalue weighted by Crippen LogP contribution is -2.03. The maximum atomic E-state index is 9.16. The van der Waals surface area contributed by atoms with Gasteiger partial charge in [-0.2, -0.15) is 11.8 Å². The number of aliphatic hydroxyl groups is 1. The van der Waals surface area contributed by atoms with Crippen molar-refractivity contribution in [3.8, 4) is 17.2 Å². The predicted molar refractivity (Wildman–Crippen MR) is 74.0 cm³/mol. The average molecular weight is 272 g/mol. The van der Waals surface area contributed by atoms with Crippen LogP contribution < -0.4 is 14.2 Å². The highest BCUT2D eigenvalue weighted by atomic mass is 32.2. The van der Waals surface area contributed by atoms with Gasteiger partial charge in [-0.15, -0.1) is 0 Å². The predicted octanol–water partition coefficient (Wildman–Crippen LogP) is 2.33. The Kier molecular flexibility index (Phi) is 6.75. The van der Waals surface area contributed by atoms with Gasteiger partial charge in [-0.25, -0.2) is 0 Å². The van der Waals surface area contributed by atoms with Gasteiger partial charge in [0.1, 0.15) is 0 Å². The number of hydrogen-bond acceptors (Lipinski definition) is 5. The SMILES string of the molecule is COc1cc(CO)cc(OC)c1OCCCSC. The normalized spacial score (nSPS) is 10.2. The molecule has 0 spiro atoms. The highest BCUT2D eigenvalue weighted by molar-refractivity contribution is 7.98. The summed E-state index contributed by atoms with van der Waals surface area (Å²) in [4.78, 5) is 0. The maximum absolute atomic E-state index is 9.16. The molecular weight excluding hydrogens is 252 g/mol. The Morgan fingerprint density at radius 3 is 2.22 bits per heavy atom. The number of rotatable bonds is 8. The third kappa shape index (κ3) is 3.99. The van der Waals surface area contributed by atoms with Crippen molar-refractivity contribution in [1.29, 1.82) is 0 Å². The number of aliphatic hydroxyl groups excluding tert-OH is 1. The Bertz CT molecular complexity index is 343. The molecule has 1 N–H and O–H groups in total. The van der Waals surface area contributed by atoms with Crippen LogP contribution in [0.2, 0.25) is 0 Å². The lowest BCUT2D eigenvalue weighted by atomic mass is 10.2. The van der Waals surface area contributed by atoms with E-state index in [1.807, 2.05) is 0 Å². The Morgan fingerprint density at radius 1 is 1.17 bits per heavy atom. The van der Waals surface area contributed by atoms with Crippen LogP contribution in [0.15, 0.2) is 12.1 Å². The molecule has 0 bridgehead atoms. The monoisotopic (exact) mass is 272 g/mol. The maximum Gasteiger partial charge on any atom is 0.203 e. The van der Waals surface area contributed by atoms with E-state index in [4.69, 9.17) is 19.3 Å². The number of methoxy groups -OCH3 is 2. The molecule has 4 nitrogen and oxygen atoms in total. The van der Waals surface area contributed by atoms with E-state index in [0.29, 0.717) is 23.9 Å². The Balaban J connectivity index is 2.85. The van der Waals surface area contributed by atoms with Gasteiger partial charge in [-0.1, -0.05) is 0 Å². The summed E-state index contributed by atoms with van der Waals surface area (Å²) in [7, 11) is 3.15. The quantitative estimate of drug-likeness (QED) is 0.736. The minimum Gasteiger partial charge on any atom is -0.493 e. The first-order valence-electron chi connectivity index (χ1n) is 5.74. The number of ether oxygens (including phenoxy) is 3. The Morgan fingerprint density at radius 2 is 1.78 bits per heavy atom. The van der Waals surface area contributed by atoms with E-state index < -0.39 is 0 Å². The zero-order valence-corrected chi connectivity index (χ0v) is 11.9. The van der Waals surface area contributed by atoms with E-state index in [1.54, 1.807) is 38.1 Å². The second-order valence-corrected chi connectivity index (χ2v) is 4.67. The summed E-state index contributed by atoms with van der Waals surface area (Å²) in [5.41, 5.74) is 0.736. The minimum atomic E-state index is -0.0561. The second-order valence-electron chi connectivity index (χ2n) is 3.68. The van der Waals surface area contributed by atoms with Crippen LogP contribution in [0.4, 0.5) is 0 Å². The fourth-order valence-corrected chi connectivity index (χ4v) is 1.95. The van der Waals surface area contributed by atoms with Crippen LogP contribution in [-0.2, 0) is 6.61 Å². The van der Waals surface area contributed by atoms with E-state index in [1.165, 1.54) is 0 Å². The average Bonchev–Trinajstić information content (AvgIpc) is 2.42. The molecule has 0 atom stereocenters. The van der Waals surface area contributed by atoms with E-state index in [2.05, 4.69) is 6.26 Å². The van der Waals surface area contributed by atoms with Crippen molar-refractivity contribution in [3.05, 3.63) is 17.7 Å². The molecule has 0 aliphatic carbocycles. The van der Waals surface area contributed by atoms with Crippen LogP contribution in [0, 0.1) is 0 Å². The van der Waals surface area contributed by atoms with E-state index >= 15 is 0 Å².